The molecule has 0 spiro atoms. The van der Waals surface area contributed by atoms with Crippen LogP contribution in [0.2, 0.25) is 0 Å². The average Bonchev–Trinajstić information content (AvgIpc) is 3.12. The van der Waals surface area contributed by atoms with Gasteiger partial charge in [0.25, 0.3) is 15.6 Å². The van der Waals surface area contributed by atoms with E-state index in [1.807, 2.05) is 68.5 Å². The van der Waals surface area contributed by atoms with Crippen LogP contribution in [0.3, 0.4) is 0 Å². The van der Waals surface area contributed by atoms with Crippen LogP contribution in [0.5, 0.6) is 5.75 Å². The molecule has 1 fully saturated rings. The van der Waals surface area contributed by atoms with E-state index in [-0.39, 0.29) is 17.6 Å². The lowest BCUT2D eigenvalue weighted by Gasteiger charge is -2.38. The van der Waals surface area contributed by atoms with Crippen molar-refractivity contribution >= 4 is 52.3 Å². The van der Waals surface area contributed by atoms with Crippen LogP contribution in [0.15, 0.2) is 91.0 Å². The van der Waals surface area contributed by atoms with E-state index in [1.54, 1.807) is 29.2 Å². The number of morpholine rings is 1. The zero-order valence-electron chi connectivity index (χ0n) is 28.1. The monoisotopic (exact) mass is 731 g/mol. The number of amides is 2. The second kappa shape index (κ2) is 18.7. The molecule has 0 saturated carbocycles. The van der Waals surface area contributed by atoms with Crippen LogP contribution in [-0.2, 0) is 16.0 Å². The van der Waals surface area contributed by atoms with Crippen molar-refractivity contribution in [3.8, 4) is 5.75 Å². The Hall–Kier alpha value is -3.14. The first-order valence-corrected chi connectivity index (χ1v) is 18.0. The van der Waals surface area contributed by atoms with E-state index >= 15 is 0 Å². The predicted octanol–water partition coefficient (Wildman–Crippen LogP) is 8.03. The summed E-state index contributed by atoms with van der Waals surface area (Å²) in [5, 5.41) is 2.92. The molecule has 264 valence electrons. The van der Waals surface area contributed by atoms with E-state index in [2.05, 4.69) is 10.2 Å². The molecule has 2 amide bonds. The highest BCUT2D eigenvalue weighted by molar-refractivity contribution is 6.76. The van der Waals surface area contributed by atoms with Crippen molar-refractivity contribution in [2.45, 2.75) is 48.9 Å². The van der Waals surface area contributed by atoms with Crippen LogP contribution >= 0.6 is 34.8 Å². The Morgan fingerprint density at radius 2 is 1.73 bits per heavy atom. The molecular formula is C38H45Cl3FN3O4. The minimum atomic E-state index is -2.14. The second-order valence-electron chi connectivity index (χ2n) is 12.0. The van der Waals surface area contributed by atoms with E-state index in [0.717, 1.165) is 50.5 Å². The summed E-state index contributed by atoms with van der Waals surface area (Å²) >= 11 is 17.8. The minimum absolute atomic E-state index is 0.0354. The quantitative estimate of drug-likeness (QED) is 0.116. The summed E-state index contributed by atoms with van der Waals surface area (Å²) < 4.78 is 23.0. The molecule has 1 N–H and O–H groups in total. The first-order chi connectivity index (χ1) is 23.6. The lowest BCUT2D eigenvalue weighted by molar-refractivity contribution is -0.121. The maximum absolute atomic E-state index is 13.9. The number of hydrogen-bond donors (Lipinski definition) is 1. The number of nitrogens with one attached hydrogen (secondary N) is 1. The third-order valence-electron chi connectivity index (χ3n) is 8.50. The minimum Gasteiger partial charge on any atom is -0.493 e. The smallest absolute Gasteiger partial charge is 0.272 e. The number of carbonyl (C=O) groups is 2. The largest absolute Gasteiger partial charge is 0.493 e. The van der Waals surface area contributed by atoms with Crippen molar-refractivity contribution in [2.24, 2.45) is 5.92 Å². The van der Waals surface area contributed by atoms with Gasteiger partial charge in [-0.1, -0.05) is 97.2 Å². The van der Waals surface area contributed by atoms with Gasteiger partial charge in [0.1, 0.15) is 11.6 Å². The number of ether oxygens (including phenoxy) is 2. The van der Waals surface area contributed by atoms with Crippen molar-refractivity contribution in [1.82, 2.24) is 10.2 Å². The summed E-state index contributed by atoms with van der Waals surface area (Å²) in [6.07, 6.45) is 6.32. The fourth-order valence-electron chi connectivity index (χ4n) is 5.97. The highest BCUT2D eigenvalue weighted by Crippen LogP contribution is 2.34. The van der Waals surface area contributed by atoms with Gasteiger partial charge in [0, 0.05) is 43.5 Å². The molecule has 2 aliphatic rings. The highest BCUT2D eigenvalue weighted by Gasteiger charge is 2.40. The molecule has 5 rings (SSSR count). The van der Waals surface area contributed by atoms with E-state index in [4.69, 9.17) is 44.3 Å². The summed E-state index contributed by atoms with van der Waals surface area (Å²) in [4.78, 5) is 30.9. The summed E-state index contributed by atoms with van der Waals surface area (Å²) in [5.41, 5.74) is 1.26. The van der Waals surface area contributed by atoms with Crippen LogP contribution in [-0.4, -0.2) is 72.0 Å². The molecular weight excluding hydrogens is 688 g/mol. The van der Waals surface area contributed by atoms with Gasteiger partial charge in [-0.2, -0.15) is 0 Å². The Bertz CT molecular complexity index is 1510. The zero-order valence-corrected chi connectivity index (χ0v) is 30.3. The third-order valence-corrected chi connectivity index (χ3v) is 9.02. The molecule has 3 aromatic rings. The van der Waals surface area contributed by atoms with Gasteiger partial charge in [-0.3, -0.25) is 14.5 Å². The van der Waals surface area contributed by atoms with Gasteiger partial charge in [-0.25, -0.2) is 4.39 Å². The van der Waals surface area contributed by atoms with Gasteiger partial charge in [-0.15, -0.1) is 0 Å². The summed E-state index contributed by atoms with van der Waals surface area (Å²) in [5.74, 6) is -0.557. The van der Waals surface area contributed by atoms with Gasteiger partial charge in [0.15, 0.2) is 0 Å². The van der Waals surface area contributed by atoms with E-state index in [1.165, 1.54) is 12.1 Å². The van der Waals surface area contributed by atoms with Gasteiger partial charge in [-0.05, 0) is 73.6 Å². The lowest BCUT2D eigenvalue weighted by atomic mass is 9.78. The molecule has 2 atom stereocenters. The Kier molecular flexibility index (Phi) is 14.8. The van der Waals surface area contributed by atoms with Crippen LogP contribution in [0.1, 0.15) is 49.0 Å². The molecule has 3 aromatic carbocycles. The van der Waals surface area contributed by atoms with Crippen LogP contribution in [0, 0.1) is 11.7 Å². The van der Waals surface area contributed by atoms with E-state index in [9.17, 15) is 14.0 Å². The molecule has 1 saturated heterocycles. The molecule has 1 heterocycles. The van der Waals surface area contributed by atoms with E-state index < -0.39 is 15.2 Å². The van der Waals surface area contributed by atoms with E-state index in [0.29, 0.717) is 43.7 Å². The standard InChI is InChI=1S/C36H39Cl3FN3O4.C2H6/c37-36(38,39)34(45)41-35(25-27-10-12-30(40)13-11-27)16-14-28(15-17-35)26-43(33(44)29-6-2-1-3-7-29)31-8-4-9-32(24-31)47-21-5-18-42-19-22-46-23-20-42;1-2/h1-4,6-14,16,24,28H,5,15,17-23,25-26H2,(H,41,45);1-2H3. The molecule has 0 aromatic heterocycles. The Morgan fingerprint density at radius 1 is 1.02 bits per heavy atom. The maximum Gasteiger partial charge on any atom is 0.272 e. The first kappa shape index (κ1) is 38.7. The molecule has 7 nitrogen and oxygen atoms in total. The number of rotatable bonds is 12. The predicted molar refractivity (Wildman–Crippen MR) is 196 cm³/mol. The van der Waals surface area contributed by atoms with Crippen molar-refractivity contribution in [3.63, 3.8) is 0 Å². The number of alkyl halides is 3. The van der Waals surface area contributed by atoms with Crippen molar-refractivity contribution in [2.75, 3.05) is 50.9 Å². The molecule has 49 heavy (non-hydrogen) atoms. The zero-order chi connectivity index (χ0) is 35.3. The molecule has 0 radical (unpaired) electrons. The van der Waals surface area contributed by atoms with Gasteiger partial charge in [0.2, 0.25) is 0 Å². The Balaban J connectivity index is 0.00000265. The summed E-state index contributed by atoms with van der Waals surface area (Å²) in [7, 11) is 0. The molecule has 2 unspecified atom stereocenters. The highest BCUT2D eigenvalue weighted by atomic mass is 35.6. The number of benzene rings is 3. The van der Waals surface area contributed by atoms with Crippen molar-refractivity contribution in [1.29, 1.82) is 0 Å². The molecule has 1 aliphatic heterocycles. The summed E-state index contributed by atoms with van der Waals surface area (Å²) in [6.45, 7) is 9.32. The van der Waals surface area contributed by atoms with Crippen LogP contribution in [0.4, 0.5) is 10.1 Å². The SMILES string of the molecule is CC.O=C(c1ccccc1)N(CC1C=CC(Cc2ccc(F)cc2)(NC(=O)C(Cl)(Cl)Cl)CC1)c1cccc(OCCCN2CCOCC2)c1. The second-order valence-corrected chi connectivity index (χ2v) is 14.3. The molecule has 1 aliphatic carbocycles. The fourth-order valence-corrected chi connectivity index (χ4v) is 6.12. The summed E-state index contributed by atoms with van der Waals surface area (Å²) in [6, 6.07) is 22.9. The van der Waals surface area contributed by atoms with Gasteiger partial charge < -0.3 is 19.7 Å². The normalized spacial score (nSPS) is 19.3. The van der Waals surface area contributed by atoms with Gasteiger partial charge >= 0.3 is 0 Å². The first-order valence-electron chi connectivity index (χ1n) is 16.8. The lowest BCUT2D eigenvalue weighted by Crippen LogP contribution is -2.53. The Labute approximate surface area is 304 Å². The van der Waals surface area contributed by atoms with Gasteiger partial charge in [0.05, 0.1) is 25.4 Å². The molecule has 0 bridgehead atoms. The number of halogens is 4. The third kappa shape index (κ3) is 11.7. The number of anilines is 1. The number of nitrogens with zero attached hydrogens (tertiary/aromatic N) is 2. The topological polar surface area (TPSA) is 71.1 Å². The van der Waals surface area contributed by atoms with Crippen LogP contribution in [0.25, 0.3) is 0 Å². The van der Waals surface area contributed by atoms with Crippen molar-refractivity contribution < 1.29 is 23.5 Å². The number of hydrogen-bond acceptors (Lipinski definition) is 5. The van der Waals surface area contributed by atoms with Crippen molar-refractivity contribution in [3.05, 3.63) is 108 Å². The maximum atomic E-state index is 13.9. The Morgan fingerprint density at radius 3 is 2.39 bits per heavy atom. The van der Waals surface area contributed by atoms with Crippen LogP contribution < -0.4 is 15.0 Å². The number of carbonyl (C=O) groups excluding carboxylic acids is 2. The average molecular weight is 733 g/mol. The fraction of sp³-hybridized carbons (Fsp3) is 0.421. The molecule has 11 heteroatoms.